The maximum Gasteiger partial charge on any atom is 0.182 e. The quantitative estimate of drug-likeness (QED) is 0.859. The molecule has 2 unspecified atom stereocenters. The zero-order chi connectivity index (χ0) is 12.1. The van der Waals surface area contributed by atoms with Crippen LogP contribution in [-0.4, -0.2) is 16.8 Å². The van der Waals surface area contributed by atoms with Crippen LogP contribution in [0.5, 0.6) is 0 Å². The van der Waals surface area contributed by atoms with Crippen LogP contribution in [0.2, 0.25) is 0 Å². The lowest BCUT2D eigenvalue weighted by atomic mass is 9.91. The van der Waals surface area contributed by atoms with Crippen LogP contribution in [0, 0.1) is 5.92 Å². The number of hydrogen-bond acceptors (Lipinski definition) is 4. The summed E-state index contributed by atoms with van der Waals surface area (Å²) in [6.45, 7) is 5.46. The van der Waals surface area contributed by atoms with Crippen molar-refractivity contribution in [1.82, 2.24) is 4.98 Å². The Morgan fingerprint density at radius 1 is 1.53 bits per heavy atom. The molecule has 1 aromatic rings. The number of thiazole rings is 1. The Bertz CT molecular complexity index is 338. The van der Waals surface area contributed by atoms with Crippen LogP contribution in [0.3, 0.4) is 0 Å². The lowest BCUT2D eigenvalue weighted by Crippen LogP contribution is -2.15. The van der Waals surface area contributed by atoms with E-state index in [1.807, 2.05) is 6.20 Å². The minimum absolute atomic E-state index is 0.878. The fourth-order valence-corrected chi connectivity index (χ4v) is 4.72. The van der Waals surface area contributed by atoms with E-state index in [2.05, 4.69) is 35.9 Å². The number of rotatable bonds is 5. The first kappa shape index (κ1) is 13.2. The van der Waals surface area contributed by atoms with Gasteiger partial charge in [0.2, 0.25) is 0 Å². The van der Waals surface area contributed by atoms with E-state index in [1.54, 1.807) is 11.3 Å². The maximum absolute atomic E-state index is 4.38. The smallest absolute Gasteiger partial charge is 0.182 e. The molecule has 1 saturated carbocycles. The second kappa shape index (κ2) is 6.64. The fourth-order valence-electron chi connectivity index (χ4n) is 2.34. The molecule has 0 aromatic carbocycles. The molecule has 1 heterocycles. The molecule has 0 radical (unpaired) electrons. The normalized spacial score (nSPS) is 24.8. The second-order valence-electron chi connectivity index (χ2n) is 4.87. The highest BCUT2D eigenvalue weighted by Crippen LogP contribution is 2.34. The summed E-state index contributed by atoms with van der Waals surface area (Å²) >= 11 is 3.93. The lowest BCUT2D eigenvalue weighted by Gasteiger charge is -2.25. The molecule has 1 aliphatic rings. The number of thioether (sulfide) groups is 1. The molecule has 1 aromatic heterocycles. The third-order valence-electron chi connectivity index (χ3n) is 3.23. The number of hydrogen-bond donors (Lipinski definition) is 1. The van der Waals surface area contributed by atoms with Crippen LogP contribution in [-0.2, 0) is 5.75 Å². The van der Waals surface area contributed by atoms with Crippen LogP contribution in [0.1, 0.15) is 44.4 Å². The summed E-state index contributed by atoms with van der Waals surface area (Å²) in [4.78, 5) is 5.79. The van der Waals surface area contributed by atoms with Gasteiger partial charge in [-0.25, -0.2) is 4.98 Å². The maximum atomic E-state index is 4.38. The molecule has 4 heteroatoms. The van der Waals surface area contributed by atoms with Gasteiger partial charge in [-0.2, -0.15) is 11.8 Å². The Labute approximate surface area is 113 Å². The molecule has 1 fully saturated rings. The molecule has 0 bridgehead atoms. The van der Waals surface area contributed by atoms with Gasteiger partial charge in [-0.3, -0.25) is 0 Å². The van der Waals surface area contributed by atoms with E-state index < -0.39 is 0 Å². The molecule has 2 nitrogen and oxygen atoms in total. The molecule has 96 valence electrons. The van der Waals surface area contributed by atoms with E-state index in [4.69, 9.17) is 0 Å². The summed E-state index contributed by atoms with van der Waals surface area (Å²) in [5.74, 6) is 2.07. The van der Waals surface area contributed by atoms with Gasteiger partial charge in [0.25, 0.3) is 0 Å². The zero-order valence-electron chi connectivity index (χ0n) is 10.7. The van der Waals surface area contributed by atoms with Crippen molar-refractivity contribution in [3.05, 3.63) is 11.1 Å². The molecular formula is C13H22N2S2. The topological polar surface area (TPSA) is 24.9 Å². The Kier molecular flexibility index (Phi) is 5.16. The van der Waals surface area contributed by atoms with E-state index in [9.17, 15) is 0 Å². The van der Waals surface area contributed by atoms with Crippen LogP contribution >= 0.6 is 23.1 Å². The minimum atomic E-state index is 0.878. The lowest BCUT2D eigenvalue weighted by molar-refractivity contribution is 0.394. The molecular weight excluding hydrogens is 248 g/mol. The third kappa shape index (κ3) is 4.18. The fraction of sp³-hybridized carbons (Fsp3) is 0.769. The number of nitrogens with one attached hydrogen (secondary N) is 1. The van der Waals surface area contributed by atoms with E-state index in [1.165, 1.54) is 30.6 Å². The number of anilines is 1. The van der Waals surface area contributed by atoms with Crippen molar-refractivity contribution in [1.29, 1.82) is 0 Å². The summed E-state index contributed by atoms with van der Waals surface area (Å²) in [5.41, 5.74) is 0. The molecule has 0 spiro atoms. The van der Waals surface area contributed by atoms with Gasteiger partial charge in [0.1, 0.15) is 0 Å². The number of nitrogens with zero attached hydrogens (tertiary/aromatic N) is 1. The van der Waals surface area contributed by atoms with Crippen molar-refractivity contribution >= 4 is 28.2 Å². The van der Waals surface area contributed by atoms with Gasteiger partial charge >= 0.3 is 0 Å². The van der Waals surface area contributed by atoms with Crippen molar-refractivity contribution in [3.63, 3.8) is 0 Å². The molecule has 0 amide bonds. The van der Waals surface area contributed by atoms with Gasteiger partial charge in [0.15, 0.2) is 5.13 Å². The summed E-state index contributed by atoms with van der Waals surface area (Å²) in [6.07, 6.45) is 7.70. The summed E-state index contributed by atoms with van der Waals surface area (Å²) in [5, 5.41) is 5.22. The monoisotopic (exact) mass is 270 g/mol. The van der Waals surface area contributed by atoms with Crippen molar-refractivity contribution < 1.29 is 0 Å². The second-order valence-corrected chi connectivity index (χ2v) is 7.27. The van der Waals surface area contributed by atoms with Gasteiger partial charge in [0.05, 0.1) is 0 Å². The Morgan fingerprint density at radius 2 is 2.41 bits per heavy atom. The van der Waals surface area contributed by atoms with Gasteiger partial charge in [-0.05, 0) is 25.7 Å². The summed E-state index contributed by atoms with van der Waals surface area (Å²) in [7, 11) is 0. The average molecular weight is 270 g/mol. The molecule has 0 aliphatic heterocycles. The Morgan fingerprint density at radius 3 is 3.18 bits per heavy atom. The zero-order valence-corrected chi connectivity index (χ0v) is 12.4. The minimum Gasteiger partial charge on any atom is -0.362 e. The summed E-state index contributed by atoms with van der Waals surface area (Å²) < 4.78 is 0. The van der Waals surface area contributed by atoms with Crippen LogP contribution in [0.15, 0.2) is 6.20 Å². The molecule has 2 atom stereocenters. The van der Waals surface area contributed by atoms with Crippen molar-refractivity contribution in [2.75, 3.05) is 11.9 Å². The predicted molar refractivity (Wildman–Crippen MR) is 79.0 cm³/mol. The van der Waals surface area contributed by atoms with Crippen LogP contribution < -0.4 is 5.32 Å². The third-order valence-corrected chi connectivity index (χ3v) is 5.75. The van der Waals surface area contributed by atoms with Gasteiger partial charge < -0.3 is 5.32 Å². The van der Waals surface area contributed by atoms with Crippen LogP contribution in [0.4, 0.5) is 5.13 Å². The van der Waals surface area contributed by atoms with Gasteiger partial charge in [-0.1, -0.05) is 19.8 Å². The summed E-state index contributed by atoms with van der Waals surface area (Å²) in [6, 6.07) is 0. The van der Waals surface area contributed by atoms with Crippen LogP contribution in [0.25, 0.3) is 0 Å². The van der Waals surface area contributed by atoms with E-state index >= 15 is 0 Å². The van der Waals surface area contributed by atoms with Gasteiger partial charge in [0, 0.05) is 28.6 Å². The van der Waals surface area contributed by atoms with Crippen molar-refractivity contribution in [3.8, 4) is 0 Å². The highest BCUT2D eigenvalue weighted by molar-refractivity contribution is 7.99. The largest absolute Gasteiger partial charge is 0.362 e. The van der Waals surface area contributed by atoms with E-state index in [-0.39, 0.29) is 0 Å². The highest BCUT2D eigenvalue weighted by atomic mass is 32.2. The molecule has 17 heavy (non-hydrogen) atoms. The van der Waals surface area contributed by atoms with Crippen molar-refractivity contribution in [2.45, 2.75) is 50.5 Å². The van der Waals surface area contributed by atoms with E-state index in [0.717, 1.165) is 28.6 Å². The molecule has 0 saturated heterocycles. The molecule has 2 rings (SSSR count). The molecule has 1 N–H and O–H groups in total. The number of aromatic nitrogens is 1. The SMILES string of the molecule is CCNc1ncc(CSC2CCCC(C)C2)s1. The standard InChI is InChI=1S/C13H22N2S2/c1-3-14-13-15-8-12(17-13)9-16-11-6-4-5-10(2)7-11/h8,10-11H,3-7,9H2,1-2H3,(H,14,15). The molecule has 1 aliphatic carbocycles. The average Bonchev–Trinajstić information content (AvgIpc) is 2.75. The first-order valence-electron chi connectivity index (χ1n) is 6.58. The Balaban J connectivity index is 1.76. The van der Waals surface area contributed by atoms with Crippen molar-refractivity contribution in [2.24, 2.45) is 5.92 Å². The highest BCUT2D eigenvalue weighted by Gasteiger charge is 2.19. The van der Waals surface area contributed by atoms with E-state index in [0.29, 0.717) is 0 Å². The first-order chi connectivity index (χ1) is 8.28. The first-order valence-corrected chi connectivity index (χ1v) is 8.44. The predicted octanol–water partition coefficient (Wildman–Crippen LogP) is 4.39. The Hall–Kier alpha value is -0.220. The van der Waals surface area contributed by atoms with Gasteiger partial charge in [-0.15, -0.1) is 11.3 Å².